The van der Waals surface area contributed by atoms with E-state index in [1.807, 2.05) is 5.32 Å². The molecule has 3 aromatic rings. The Morgan fingerprint density at radius 1 is 1.18 bits per heavy atom. The zero-order valence-corrected chi connectivity index (χ0v) is 19.2. The number of aromatic nitrogens is 2. The average molecular weight is 521 g/mol. The summed E-state index contributed by atoms with van der Waals surface area (Å²) in [5.74, 6) is -1.80. The number of carbonyl (C=O) groups is 1. The quantitative estimate of drug-likeness (QED) is 0.410. The largest absolute Gasteiger partial charge is 0.435 e. The zero-order valence-electron chi connectivity index (χ0n) is 17.7. The van der Waals surface area contributed by atoms with Crippen LogP contribution in [0.15, 0.2) is 41.0 Å². The van der Waals surface area contributed by atoms with Gasteiger partial charge in [-0.05, 0) is 61.3 Å². The standard InChI is InChI=1S/C21H18Cl2F4N4O3/c1-19(2,28)11-6-14(10-3-4-13(24)12(22)5-10)30-16(7-11)20(33,21(25,26)27)9-29-17(32)15-8-34-18(23)31-15/h3-8,33H,9,28H2,1-2H3,(H,29,32). The van der Waals surface area contributed by atoms with Gasteiger partial charge < -0.3 is 20.6 Å². The second kappa shape index (κ2) is 9.14. The summed E-state index contributed by atoms with van der Waals surface area (Å²) in [6, 6.07) is 5.86. The van der Waals surface area contributed by atoms with Crippen LogP contribution in [0.4, 0.5) is 17.6 Å². The predicted octanol–water partition coefficient (Wildman–Crippen LogP) is 4.56. The molecule has 0 aliphatic rings. The monoisotopic (exact) mass is 520 g/mol. The molecule has 1 amide bonds. The molecule has 1 atom stereocenters. The number of benzene rings is 1. The molecular weight excluding hydrogens is 503 g/mol. The van der Waals surface area contributed by atoms with Gasteiger partial charge in [0.2, 0.25) is 5.60 Å². The van der Waals surface area contributed by atoms with Gasteiger partial charge in [0.05, 0.1) is 23.0 Å². The van der Waals surface area contributed by atoms with Gasteiger partial charge in [-0.3, -0.25) is 4.79 Å². The van der Waals surface area contributed by atoms with Crippen LogP contribution < -0.4 is 11.1 Å². The van der Waals surface area contributed by atoms with Gasteiger partial charge in [0.25, 0.3) is 11.3 Å². The molecule has 0 bridgehead atoms. The number of nitrogens with one attached hydrogen (secondary N) is 1. The lowest BCUT2D eigenvalue weighted by molar-refractivity contribution is -0.265. The number of nitrogens with two attached hydrogens (primary N) is 1. The summed E-state index contributed by atoms with van der Waals surface area (Å²) in [5.41, 5.74) is 0.412. The van der Waals surface area contributed by atoms with Gasteiger partial charge in [-0.1, -0.05) is 11.6 Å². The maximum absolute atomic E-state index is 14.1. The number of hydrogen-bond donors (Lipinski definition) is 3. The highest BCUT2D eigenvalue weighted by atomic mass is 35.5. The Morgan fingerprint density at radius 3 is 2.38 bits per heavy atom. The highest BCUT2D eigenvalue weighted by Crippen LogP contribution is 2.40. The van der Waals surface area contributed by atoms with Gasteiger partial charge in [0.15, 0.2) is 5.69 Å². The highest BCUT2D eigenvalue weighted by molar-refractivity contribution is 6.31. The molecule has 13 heteroatoms. The Balaban J connectivity index is 2.10. The van der Waals surface area contributed by atoms with Crippen molar-refractivity contribution in [3.05, 3.63) is 69.7 Å². The predicted molar refractivity (Wildman–Crippen MR) is 116 cm³/mol. The molecule has 4 N–H and O–H groups in total. The van der Waals surface area contributed by atoms with Crippen molar-refractivity contribution in [1.29, 1.82) is 0 Å². The van der Waals surface area contributed by atoms with E-state index < -0.39 is 46.6 Å². The fraction of sp³-hybridized carbons (Fsp3) is 0.286. The SMILES string of the molecule is CC(C)(N)c1cc(-c2ccc(F)c(Cl)c2)nc(C(O)(CNC(=O)c2coc(Cl)n2)C(F)(F)F)c1. The second-order valence-corrected chi connectivity index (χ2v) is 8.73. The summed E-state index contributed by atoms with van der Waals surface area (Å²) in [5, 5.41) is 12.1. The summed E-state index contributed by atoms with van der Waals surface area (Å²) >= 11 is 11.3. The van der Waals surface area contributed by atoms with Gasteiger partial charge in [-0.25, -0.2) is 9.37 Å². The number of oxazole rings is 1. The van der Waals surface area contributed by atoms with Crippen LogP contribution >= 0.6 is 23.2 Å². The van der Waals surface area contributed by atoms with E-state index in [1.165, 1.54) is 32.0 Å². The fourth-order valence-electron chi connectivity index (χ4n) is 2.91. The zero-order chi connectivity index (χ0) is 25.5. The highest BCUT2D eigenvalue weighted by Gasteiger charge is 2.56. The van der Waals surface area contributed by atoms with E-state index in [4.69, 9.17) is 28.9 Å². The first kappa shape index (κ1) is 25.9. The average Bonchev–Trinajstić information content (AvgIpc) is 3.18. The maximum Gasteiger partial charge on any atom is 0.424 e. The first-order valence-electron chi connectivity index (χ1n) is 9.57. The van der Waals surface area contributed by atoms with Crippen LogP contribution in [-0.4, -0.2) is 33.7 Å². The van der Waals surface area contributed by atoms with Crippen LogP contribution in [0.3, 0.4) is 0 Å². The molecule has 0 saturated heterocycles. The molecule has 1 unspecified atom stereocenters. The summed E-state index contributed by atoms with van der Waals surface area (Å²) in [4.78, 5) is 19.7. The summed E-state index contributed by atoms with van der Waals surface area (Å²) in [6.45, 7) is 1.76. The maximum atomic E-state index is 14.1. The lowest BCUT2D eigenvalue weighted by Gasteiger charge is -2.32. The molecule has 1 aromatic carbocycles. The molecule has 3 rings (SSSR count). The molecule has 7 nitrogen and oxygen atoms in total. The molecule has 0 spiro atoms. The Kier molecular flexibility index (Phi) is 6.96. The van der Waals surface area contributed by atoms with Crippen molar-refractivity contribution < 1.29 is 31.9 Å². The van der Waals surface area contributed by atoms with Crippen molar-refractivity contribution in [1.82, 2.24) is 15.3 Å². The van der Waals surface area contributed by atoms with Crippen molar-refractivity contribution in [2.24, 2.45) is 5.73 Å². The number of halogens is 6. The Hall–Kier alpha value is -2.73. The number of aliphatic hydroxyl groups is 1. The summed E-state index contributed by atoms with van der Waals surface area (Å²) in [6.07, 6.45) is -4.43. The molecular formula is C21H18Cl2F4N4O3. The fourth-order valence-corrected chi connectivity index (χ4v) is 3.22. The molecule has 0 aliphatic heterocycles. The number of nitrogens with zero attached hydrogens (tertiary/aromatic N) is 2. The number of pyridine rings is 1. The minimum atomic E-state index is -5.27. The third-order valence-corrected chi connectivity index (χ3v) is 5.35. The molecule has 34 heavy (non-hydrogen) atoms. The molecule has 0 aliphatic carbocycles. The van der Waals surface area contributed by atoms with Gasteiger partial charge in [-0.15, -0.1) is 0 Å². The van der Waals surface area contributed by atoms with Crippen LogP contribution in [0.2, 0.25) is 10.4 Å². The van der Waals surface area contributed by atoms with Crippen molar-refractivity contribution in [3.8, 4) is 11.3 Å². The number of alkyl halides is 3. The smallest absolute Gasteiger partial charge is 0.424 e. The lowest BCUT2D eigenvalue weighted by Crippen LogP contribution is -2.51. The molecule has 0 fully saturated rings. The van der Waals surface area contributed by atoms with Crippen LogP contribution in [0.1, 0.15) is 35.6 Å². The van der Waals surface area contributed by atoms with Gasteiger partial charge in [0, 0.05) is 11.1 Å². The number of hydrogen-bond acceptors (Lipinski definition) is 6. The lowest BCUT2D eigenvalue weighted by atomic mass is 9.89. The van der Waals surface area contributed by atoms with Crippen molar-refractivity contribution in [2.75, 3.05) is 6.54 Å². The first-order valence-corrected chi connectivity index (χ1v) is 10.3. The second-order valence-electron chi connectivity index (χ2n) is 8.00. The number of carbonyl (C=O) groups excluding carboxylic acids is 1. The normalized spacial score (nSPS) is 14.1. The topological polar surface area (TPSA) is 114 Å². The van der Waals surface area contributed by atoms with Gasteiger partial charge in [-0.2, -0.15) is 18.2 Å². The molecule has 182 valence electrons. The Bertz CT molecular complexity index is 1230. The van der Waals surface area contributed by atoms with E-state index >= 15 is 0 Å². The summed E-state index contributed by atoms with van der Waals surface area (Å²) < 4.78 is 60.6. The summed E-state index contributed by atoms with van der Waals surface area (Å²) in [7, 11) is 0. The van der Waals surface area contributed by atoms with E-state index in [-0.39, 0.29) is 27.5 Å². The van der Waals surface area contributed by atoms with Crippen molar-refractivity contribution in [3.63, 3.8) is 0 Å². The van der Waals surface area contributed by atoms with E-state index in [0.717, 1.165) is 18.4 Å². The third kappa shape index (κ3) is 5.33. The number of amides is 1. The van der Waals surface area contributed by atoms with E-state index in [9.17, 15) is 27.5 Å². The van der Waals surface area contributed by atoms with Gasteiger partial charge in [0.1, 0.15) is 12.1 Å². The van der Waals surface area contributed by atoms with E-state index in [2.05, 4.69) is 14.4 Å². The van der Waals surface area contributed by atoms with Crippen molar-refractivity contribution in [2.45, 2.75) is 31.2 Å². The molecule has 0 radical (unpaired) electrons. The van der Waals surface area contributed by atoms with E-state index in [0.29, 0.717) is 0 Å². The van der Waals surface area contributed by atoms with Gasteiger partial charge >= 0.3 is 6.18 Å². The van der Waals surface area contributed by atoms with Crippen LogP contribution in [0, 0.1) is 5.82 Å². The molecule has 2 heterocycles. The molecule has 0 saturated carbocycles. The molecule has 2 aromatic heterocycles. The van der Waals surface area contributed by atoms with Crippen LogP contribution in [0.5, 0.6) is 0 Å². The minimum absolute atomic E-state index is 0.0507. The van der Waals surface area contributed by atoms with E-state index in [1.54, 1.807) is 0 Å². The Labute approximate surface area is 200 Å². The van der Waals surface area contributed by atoms with Crippen molar-refractivity contribution >= 4 is 29.1 Å². The van der Waals surface area contributed by atoms with Crippen LogP contribution in [-0.2, 0) is 11.1 Å². The first-order chi connectivity index (χ1) is 15.6. The minimum Gasteiger partial charge on any atom is -0.435 e. The van der Waals surface area contributed by atoms with Crippen LogP contribution in [0.25, 0.3) is 11.3 Å². The Morgan fingerprint density at radius 2 is 1.85 bits per heavy atom. The number of rotatable bonds is 6. The third-order valence-electron chi connectivity index (χ3n) is 4.89.